The van der Waals surface area contributed by atoms with Crippen LogP contribution in [0.15, 0.2) is 15.0 Å². The van der Waals surface area contributed by atoms with Gasteiger partial charge in [0, 0.05) is 0 Å². The number of aliphatic imine (C=N–C) groups is 3. The van der Waals surface area contributed by atoms with Crippen LogP contribution in [0.25, 0.3) is 16.0 Å². The van der Waals surface area contributed by atoms with Gasteiger partial charge in [0.1, 0.15) is 0 Å². The Labute approximate surface area is 224 Å². The molecule has 0 aromatic rings. The fourth-order valence-corrected chi connectivity index (χ4v) is 2.34. The summed E-state index contributed by atoms with van der Waals surface area (Å²) in [5.41, 5.74) is 0. The van der Waals surface area contributed by atoms with Gasteiger partial charge in [0.2, 0.25) is 0 Å². The Bertz CT molecular complexity index is 421. The minimum atomic E-state index is 0. The Morgan fingerprint density at radius 3 is 0.677 bits per heavy atom. The van der Waals surface area contributed by atoms with Crippen molar-refractivity contribution in [3.63, 3.8) is 0 Å². The molecule has 0 radical (unpaired) electrons. The van der Waals surface area contributed by atoms with E-state index in [1.807, 2.05) is 20.8 Å². The molecular formula is C24H51LuN6. The Morgan fingerprint density at radius 1 is 0.419 bits per heavy atom. The van der Waals surface area contributed by atoms with E-state index in [4.69, 9.17) is 0 Å². The van der Waals surface area contributed by atoms with Crippen LogP contribution in [-0.2, 0) is 0 Å². The van der Waals surface area contributed by atoms with Crippen molar-refractivity contribution in [3.05, 3.63) is 16.0 Å². The average Bonchev–Trinajstić information content (AvgIpc) is 2.42. The molecular weight excluding hydrogens is 547 g/mol. The van der Waals surface area contributed by atoms with Crippen LogP contribution in [0.2, 0.25) is 0 Å². The van der Waals surface area contributed by atoms with Crippen LogP contribution in [0.1, 0.15) is 104 Å². The first-order valence-electron chi connectivity index (χ1n) is 11.3. The molecule has 31 heavy (non-hydrogen) atoms. The monoisotopic (exact) mass is 598 g/mol. The minimum Gasteiger partial charge on any atom is -0.467 e. The molecule has 0 amide bonds. The Hall–Kier alpha value is -0.356. The predicted octanol–water partition coefficient (Wildman–Crippen LogP) is 7.79. The molecule has 0 aliphatic rings. The number of hydrogen-bond donors (Lipinski definition) is 0. The average molecular weight is 599 g/mol. The van der Waals surface area contributed by atoms with E-state index in [0.29, 0.717) is 36.3 Å². The minimum absolute atomic E-state index is 0. The number of amidine groups is 3. The maximum atomic E-state index is 4.27. The smallest absolute Gasteiger partial charge is 0.467 e. The number of rotatable bonds is 6. The van der Waals surface area contributed by atoms with Crippen LogP contribution in [0.3, 0.4) is 0 Å². The van der Waals surface area contributed by atoms with Crippen LogP contribution in [0.5, 0.6) is 0 Å². The van der Waals surface area contributed by atoms with Gasteiger partial charge in [-0.1, -0.05) is 101 Å². The molecule has 0 bridgehead atoms. The van der Waals surface area contributed by atoms with Crippen molar-refractivity contribution >= 4 is 17.5 Å². The van der Waals surface area contributed by atoms with Crippen molar-refractivity contribution in [1.29, 1.82) is 0 Å². The van der Waals surface area contributed by atoms with Crippen molar-refractivity contribution in [2.75, 3.05) is 0 Å². The summed E-state index contributed by atoms with van der Waals surface area (Å²) in [4.78, 5) is 12.8. The molecule has 0 aromatic heterocycles. The standard InChI is InChI=1S/3C8H17N2.Lu/c3*1-6(2)9-8(5)10-7(3)4;/h3*6-7H,1-5H3;/q3*-1;+3. The molecule has 0 rings (SSSR count). The predicted molar refractivity (Wildman–Crippen MR) is 140 cm³/mol. The molecule has 0 aliphatic heterocycles. The summed E-state index contributed by atoms with van der Waals surface area (Å²) in [6.07, 6.45) is 0. The normalized spacial score (nSPS) is 12.5. The summed E-state index contributed by atoms with van der Waals surface area (Å²) < 4.78 is 0. The van der Waals surface area contributed by atoms with Crippen molar-refractivity contribution in [2.45, 2.75) is 140 Å². The molecule has 0 aliphatic carbocycles. The summed E-state index contributed by atoms with van der Waals surface area (Å²) in [7, 11) is 0. The van der Waals surface area contributed by atoms with Gasteiger partial charge in [0.15, 0.2) is 0 Å². The van der Waals surface area contributed by atoms with Crippen LogP contribution in [0, 0.1) is 36.9 Å². The second-order valence-electron chi connectivity index (χ2n) is 8.98. The van der Waals surface area contributed by atoms with Crippen LogP contribution >= 0.6 is 0 Å². The molecule has 0 saturated carbocycles. The summed E-state index contributed by atoms with van der Waals surface area (Å²) in [6, 6.07) is 2.18. The molecule has 0 N–H and O–H groups in total. The van der Waals surface area contributed by atoms with Gasteiger partial charge in [0.05, 0.1) is 0 Å². The summed E-state index contributed by atoms with van der Waals surface area (Å²) in [5, 5.41) is 12.8. The zero-order chi connectivity index (χ0) is 24.4. The number of nitrogens with zero attached hydrogens (tertiary/aromatic N) is 6. The van der Waals surface area contributed by atoms with Gasteiger partial charge in [-0.25, -0.2) is 0 Å². The first-order valence-corrected chi connectivity index (χ1v) is 11.3. The SMILES string of the molecule is CC(=NC(C)C)[N-]C(C)C.CC(=NC(C)C)[N-]C(C)C.CC(=NC(C)C)[N-]C(C)C.[Lu+3]. The first-order chi connectivity index (χ1) is 13.6. The van der Waals surface area contributed by atoms with Crippen LogP contribution in [0.4, 0.5) is 0 Å². The first kappa shape index (κ1) is 37.9. The molecule has 0 unspecified atom stereocenters. The van der Waals surface area contributed by atoms with Crippen LogP contribution in [-0.4, -0.2) is 53.8 Å². The van der Waals surface area contributed by atoms with Gasteiger partial charge in [-0.05, 0) is 57.0 Å². The Kier molecular flexibility index (Phi) is 27.9. The van der Waals surface area contributed by atoms with Gasteiger partial charge >= 0.3 is 36.9 Å². The zero-order valence-corrected chi connectivity index (χ0v) is 24.6. The van der Waals surface area contributed by atoms with Crippen molar-refractivity contribution in [2.24, 2.45) is 15.0 Å². The summed E-state index contributed by atoms with van der Waals surface area (Å²) in [6.45, 7) is 30.5. The number of hydrogen-bond acceptors (Lipinski definition) is 3. The molecule has 192 valence electrons. The molecule has 0 heterocycles. The Balaban J connectivity index is -0.000000174. The van der Waals surface area contributed by atoms with Crippen molar-refractivity contribution in [3.8, 4) is 0 Å². The maximum absolute atomic E-state index is 4.27. The van der Waals surface area contributed by atoms with E-state index >= 15 is 0 Å². The second-order valence-corrected chi connectivity index (χ2v) is 8.98. The molecule has 6 nitrogen and oxygen atoms in total. The van der Waals surface area contributed by atoms with E-state index in [1.54, 1.807) is 0 Å². The molecule has 0 atom stereocenters. The molecule has 7 heteroatoms. The maximum Gasteiger partial charge on any atom is 3.00 e. The van der Waals surface area contributed by atoms with E-state index in [-0.39, 0.29) is 36.9 Å². The fraction of sp³-hybridized carbons (Fsp3) is 0.875. The summed E-state index contributed by atoms with van der Waals surface area (Å²) >= 11 is 0. The zero-order valence-electron chi connectivity index (χ0n) is 22.9. The van der Waals surface area contributed by atoms with Gasteiger partial charge in [0.25, 0.3) is 0 Å². The molecule has 0 spiro atoms. The third-order valence-corrected chi connectivity index (χ3v) is 2.67. The molecule has 0 aromatic carbocycles. The van der Waals surface area contributed by atoms with Gasteiger partial charge in [-0.3, -0.25) is 0 Å². The third-order valence-electron chi connectivity index (χ3n) is 2.67. The fourth-order valence-electron chi connectivity index (χ4n) is 2.34. The third kappa shape index (κ3) is 40.5. The van der Waals surface area contributed by atoms with E-state index in [0.717, 1.165) is 17.5 Å². The molecule has 0 fully saturated rings. The molecule has 0 saturated heterocycles. The summed E-state index contributed by atoms with van der Waals surface area (Å²) in [5.74, 6) is 2.72. The van der Waals surface area contributed by atoms with E-state index in [1.165, 1.54) is 0 Å². The van der Waals surface area contributed by atoms with Gasteiger partial charge in [-0.15, -0.1) is 0 Å². The van der Waals surface area contributed by atoms with E-state index in [2.05, 4.69) is 114 Å². The Morgan fingerprint density at radius 2 is 0.581 bits per heavy atom. The quantitative estimate of drug-likeness (QED) is 0.221. The van der Waals surface area contributed by atoms with Crippen LogP contribution < -0.4 is 0 Å². The largest absolute Gasteiger partial charge is 3.00 e. The van der Waals surface area contributed by atoms with Gasteiger partial charge in [-0.2, -0.15) is 0 Å². The van der Waals surface area contributed by atoms with Crippen molar-refractivity contribution in [1.82, 2.24) is 0 Å². The topological polar surface area (TPSA) is 79.4 Å². The van der Waals surface area contributed by atoms with Crippen molar-refractivity contribution < 1.29 is 36.9 Å². The second kappa shape index (κ2) is 22.8. The van der Waals surface area contributed by atoms with E-state index < -0.39 is 0 Å². The van der Waals surface area contributed by atoms with E-state index in [9.17, 15) is 0 Å². The van der Waals surface area contributed by atoms with Gasteiger partial charge < -0.3 is 30.9 Å².